The van der Waals surface area contributed by atoms with E-state index in [-0.39, 0.29) is 25.5 Å². The van der Waals surface area contributed by atoms with Gasteiger partial charge in [0.25, 0.3) is 0 Å². The number of pyridine rings is 1. The summed E-state index contributed by atoms with van der Waals surface area (Å²) in [6.45, 7) is 10.7. The zero-order valence-corrected chi connectivity index (χ0v) is 28.6. The van der Waals surface area contributed by atoms with Crippen molar-refractivity contribution >= 4 is 55.6 Å². The van der Waals surface area contributed by atoms with Gasteiger partial charge in [0.1, 0.15) is 11.2 Å². The van der Waals surface area contributed by atoms with Crippen molar-refractivity contribution in [3.63, 3.8) is 0 Å². The molecular formula is C39H31IrN5O-2. The molecule has 0 unspecified atom stereocenters. The molecule has 0 spiro atoms. The fourth-order valence-electron chi connectivity index (χ4n) is 5.90. The maximum Gasteiger partial charge on any atom is 0.222 e. The smallest absolute Gasteiger partial charge is 0.222 e. The van der Waals surface area contributed by atoms with Crippen LogP contribution >= 0.6 is 0 Å². The quantitative estimate of drug-likeness (QED) is 0.156. The zero-order valence-electron chi connectivity index (χ0n) is 26.2. The number of imidazole rings is 2. The Morgan fingerprint density at radius 2 is 1.59 bits per heavy atom. The van der Waals surface area contributed by atoms with Gasteiger partial charge in [0.05, 0.1) is 16.4 Å². The van der Waals surface area contributed by atoms with Crippen molar-refractivity contribution in [3.8, 4) is 11.3 Å². The summed E-state index contributed by atoms with van der Waals surface area (Å²) in [6.07, 6.45) is 1.88. The number of aryl methyl sites for hydroxylation is 2. The topological polar surface area (TPSA) is 60.6 Å². The fraction of sp³-hybridized carbons (Fsp3) is 0.154. The molecule has 0 aliphatic heterocycles. The van der Waals surface area contributed by atoms with Crippen LogP contribution in [0.1, 0.15) is 37.5 Å². The number of rotatable bonds is 1. The molecule has 7 heteroatoms. The van der Waals surface area contributed by atoms with Crippen molar-refractivity contribution in [2.24, 2.45) is 0 Å². The van der Waals surface area contributed by atoms with Gasteiger partial charge in [-0.05, 0) is 64.5 Å². The standard InChI is InChI=1S/C26H19N4O.C13H12N.Ir/c1-26(2,3)15-12-13-16-21(14-15)31-24-22(16)23-27-17-8-4-6-10-19(17)29(23)25-28-18-9-5-7-11-20(18)30(24)25;1-10-3-6-12(7-4-10)13-8-5-11(2)9-14-13;/h4-9,11-14H,1-3H3;3-6,8-9H,1-2H3;/q2*-1;. The Hall–Kier alpha value is -4.84. The molecule has 5 heterocycles. The number of benzene rings is 4. The van der Waals surface area contributed by atoms with Crippen LogP contribution in [0.15, 0.2) is 102 Å². The van der Waals surface area contributed by atoms with Crippen LogP contribution in [0.3, 0.4) is 0 Å². The third kappa shape index (κ3) is 4.87. The first-order chi connectivity index (χ1) is 21.8. The van der Waals surface area contributed by atoms with Crippen LogP contribution in [0.5, 0.6) is 0 Å². The Bertz CT molecular complexity index is 2480. The number of aromatic nitrogens is 5. The summed E-state index contributed by atoms with van der Waals surface area (Å²) in [5.74, 6) is 0.781. The number of fused-ring (bicyclic) bond motifs is 12. The van der Waals surface area contributed by atoms with E-state index in [4.69, 9.17) is 14.4 Å². The van der Waals surface area contributed by atoms with Gasteiger partial charge in [-0.2, -0.15) is 18.2 Å². The van der Waals surface area contributed by atoms with Crippen LogP contribution < -0.4 is 0 Å². The predicted molar refractivity (Wildman–Crippen MR) is 182 cm³/mol. The normalized spacial score (nSPS) is 11.8. The molecule has 0 fully saturated rings. The van der Waals surface area contributed by atoms with Crippen molar-refractivity contribution in [1.82, 2.24) is 23.8 Å². The van der Waals surface area contributed by atoms with E-state index in [0.29, 0.717) is 0 Å². The predicted octanol–water partition coefficient (Wildman–Crippen LogP) is 9.45. The molecule has 0 N–H and O–H groups in total. The first kappa shape index (κ1) is 29.8. The second-order valence-corrected chi connectivity index (χ2v) is 12.7. The van der Waals surface area contributed by atoms with Crippen molar-refractivity contribution < 1.29 is 24.5 Å². The van der Waals surface area contributed by atoms with Crippen molar-refractivity contribution in [1.29, 1.82) is 0 Å². The minimum atomic E-state index is 0. The molecule has 0 atom stereocenters. The summed E-state index contributed by atoms with van der Waals surface area (Å²) in [6, 6.07) is 37.3. The van der Waals surface area contributed by atoms with E-state index in [9.17, 15) is 0 Å². The van der Waals surface area contributed by atoms with Crippen molar-refractivity contribution in [2.75, 3.05) is 0 Å². The number of hydrogen-bond acceptors (Lipinski definition) is 4. The van der Waals surface area contributed by atoms with Gasteiger partial charge in [0, 0.05) is 31.7 Å². The molecule has 9 rings (SSSR count). The van der Waals surface area contributed by atoms with Gasteiger partial charge < -0.3 is 9.40 Å². The molecule has 0 saturated carbocycles. The molecule has 0 amide bonds. The third-order valence-electron chi connectivity index (χ3n) is 8.34. The minimum Gasteiger partial charge on any atom is -0.439 e. The molecule has 6 nitrogen and oxygen atoms in total. The van der Waals surface area contributed by atoms with E-state index in [0.717, 1.165) is 66.8 Å². The molecule has 229 valence electrons. The SMILES string of the molecule is CC(C)(C)c1ccc2c(c1)oc1c2c2nc3ccc[c-]c3n2c2nc3ccccc3n12.Cc1c[c-]c(-c2ccc(C)cn2)cc1.[Ir]. The van der Waals surface area contributed by atoms with Crippen LogP contribution in [0.2, 0.25) is 0 Å². The van der Waals surface area contributed by atoms with Crippen molar-refractivity contribution in [3.05, 3.63) is 126 Å². The molecule has 5 aromatic heterocycles. The first-order valence-electron chi connectivity index (χ1n) is 15.1. The summed E-state index contributed by atoms with van der Waals surface area (Å²) in [4.78, 5) is 14.3. The second-order valence-electron chi connectivity index (χ2n) is 12.7. The average Bonchev–Trinajstić information content (AvgIpc) is 3.72. The van der Waals surface area contributed by atoms with Gasteiger partial charge in [-0.3, -0.25) is 9.38 Å². The molecule has 0 aliphatic carbocycles. The summed E-state index contributed by atoms with van der Waals surface area (Å²) in [5, 5.41) is 2.05. The van der Waals surface area contributed by atoms with E-state index in [1.165, 1.54) is 16.7 Å². The van der Waals surface area contributed by atoms with E-state index in [2.05, 4.69) is 90.0 Å². The fourth-order valence-corrected chi connectivity index (χ4v) is 5.90. The number of nitrogens with zero attached hydrogens (tertiary/aromatic N) is 5. The zero-order chi connectivity index (χ0) is 30.9. The van der Waals surface area contributed by atoms with Crippen LogP contribution in [0.25, 0.3) is 66.8 Å². The maximum absolute atomic E-state index is 6.53. The molecule has 9 aromatic rings. The summed E-state index contributed by atoms with van der Waals surface area (Å²) < 4.78 is 10.7. The third-order valence-corrected chi connectivity index (χ3v) is 8.34. The van der Waals surface area contributed by atoms with E-state index in [1.807, 2.05) is 67.7 Å². The molecule has 1 radical (unpaired) electrons. The van der Waals surface area contributed by atoms with E-state index < -0.39 is 0 Å². The van der Waals surface area contributed by atoms with E-state index >= 15 is 0 Å². The van der Waals surface area contributed by atoms with Gasteiger partial charge in [0.15, 0.2) is 0 Å². The van der Waals surface area contributed by atoms with Gasteiger partial charge >= 0.3 is 0 Å². The Morgan fingerprint density at radius 3 is 2.35 bits per heavy atom. The largest absolute Gasteiger partial charge is 0.439 e. The van der Waals surface area contributed by atoms with Crippen molar-refractivity contribution in [2.45, 2.75) is 40.0 Å². The van der Waals surface area contributed by atoms with Crippen LogP contribution in [0, 0.1) is 26.0 Å². The molecule has 0 saturated heterocycles. The Labute approximate surface area is 280 Å². The van der Waals surface area contributed by atoms with Crippen LogP contribution in [-0.2, 0) is 25.5 Å². The van der Waals surface area contributed by atoms with Gasteiger partial charge in [0.2, 0.25) is 11.5 Å². The van der Waals surface area contributed by atoms with E-state index in [1.54, 1.807) is 0 Å². The average molecular weight is 778 g/mol. The number of furan rings is 1. The van der Waals surface area contributed by atoms with Crippen LogP contribution in [-0.4, -0.2) is 23.8 Å². The van der Waals surface area contributed by atoms with Gasteiger partial charge in [-0.15, -0.1) is 41.5 Å². The summed E-state index contributed by atoms with van der Waals surface area (Å²) in [7, 11) is 0. The van der Waals surface area contributed by atoms with Gasteiger partial charge in [-0.25, -0.2) is 9.38 Å². The molecule has 0 aliphatic rings. The van der Waals surface area contributed by atoms with Gasteiger partial charge in [-0.1, -0.05) is 58.0 Å². The Balaban J connectivity index is 0.000000191. The molecule has 46 heavy (non-hydrogen) atoms. The maximum atomic E-state index is 6.53. The monoisotopic (exact) mass is 778 g/mol. The summed E-state index contributed by atoms with van der Waals surface area (Å²) in [5.41, 5.74) is 11.9. The number of hydrogen-bond donors (Lipinski definition) is 0. The summed E-state index contributed by atoms with van der Waals surface area (Å²) >= 11 is 0. The van der Waals surface area contributed by atoms with Crippen LogP contribution in [0.4, 0.5) is 0 Å². The first-order valence-corrected chi connectivity index (χ1v) is 15.1. The molecule has 0 bridgehead atoms. The minimum absolute atomic E-state index is 0. The number of para-hydroxylation sites is 3. The molecule has 4 aromatic carbocycles. The molecular weight excluding hydrogens is 747 g/mol. The Kier molecular flexibility index (Phi) is 7.27. The Morgan fingerprint density at radius 1 is 0.783 bits per heavy atom. The second kappa shape index (κ2) is 11.2.